The van der Waals surface area contributed by atoms with Gasteiger partial charge in [-0.05, 0) is 21.0 Å². The molecule has 1 aromatic heterocycles. The number of anilines is 1. The lowest BCUT2D eigenvalue weighted by atomic mass is 10.4. The van der Waals surface area contributed by atoms with Crippen LogP contribution in [0.2, 0.25) is 0 Å². The van der Waals surface area contributed by atoms with Crippen molar-refractivity contribution >= 4 is 16.5 Å². The van der Waals surface area contributed by atoms with E-state index in [9.17, 15) is 5.11 Å². The molecule has 0 saturated carbocycles. The van der Waals surface area contributed by atoms with Gasteiger partial charge in [0.2, 0.25) is 0 Å². The van der Waals surface area contributed by atoms with Crippen LogP contribution < -0.4 is 4.90 Å². The number of aliphatic hydroxyl groups excluding tert-OH is 1. The minimum absolute atomic E-state index is 0.418. The van der Waals surface area contributed by atoms with Crippen LogP contribution in [0.1, 0.15) is 17.9 Å². The van der Waals surface area contributed by atoms with Crippen molar-refractivity contribution in [2.45, 2.75) is 13.0 Å². The molecule has 5 heteroatoms. The number of aliphatic hydroxyl groups is 1. The van der Waals surface area contributed by atoms with Crippen LogP contribution in [-0.2, 0) is 0 Å². The minimum Gasteiger partial charge on any atom is -0.388 e. The van der Waals surface area contributed by atoms with Gasteiger partial charge < -0.3 is 14.9 Å². The number of rotatable bonds is 5. The maximum Gasteiger partial charge on any atom is 0.185 e. The third kappa shape index (κ3) is 3.77. The number of nitrogens with zero attached hydrogens (tertiary/aromatic N) is 3. The highest BCUT2D eigenvalue weighted by Gasteiger charge is 2.09. The van der Waals surface area contributed by atoms with Gasteiger partial charge in [0.25, 0.3) is 0 Å². The zero-order valence-corrected chi connectivity index (χ0v) is 10.6. The first kappa shape index (κ1) is 12.4. The van der Waals surface area contributed by atoms with Gasteiger partial charge >= 0.3 is 0 Å². The average molecular weight is 229 g/mol. The SMILES string of the molecule is CC(O)c1cnc(N(C)CCN(C)C)s1. The molecule has 1 heterocycles. The summed E-state index contributed by atoms with van der Waals surface area (Å²) in [6, 6.07) is 0. The van der Waals surface area contributed by atoms with Gasteiger partial charge in [-0.3, -0.25) is 0 Å². The highest BCUT2D eigenvalue weighted by Crippen LogP contribution is 2.25. The predicted molar refractivity (Wildman–Crippen MR) is 64.6 cm³/mol. The molecular weight excluding hydrogens is 210 g/mol. The molecule has 15 heavy (non-hydrogen) atoms. The Hall–Kier alpha value is -0.650. The van der Waals surface area contributed by atoms with E-state index in [0.29, 0.717) is 0 Å². The Balaban J connectivity index is 2.54. The van der Waals surface area contributed by atoms with Crippen LogP contribution in [0.25, 0.3) is 0 Å². The first-order chi connectivity index (χ1) is 7.00. The molecule has 0 saturated heterocycles. The molecule has 0 aromatic carbocycles. The van der Waals surface area contributed by atoms with E-state index in [4.69, 9.17) is 0 Å². The largest absolute Gasteiger partial charge is 0.388 e. The highest BCUT2D eigenvalue weighted by molar-refractivity contribution is 7.15. The lowest BCUT2D eigenvalue weighted by Crippen LogP contribution is -2.28. The normalized spacial score (nSPS) is 13.2. The second kappa shape index (κ2) is 5.44. The van der Waals surface area contributed by atoms with Crippen molar-refractivity contribution in [3.63, 3.8) is 0 Å². The molecule has 0 aliphatic heterocycles. The molecular formula is C10H19N3OS. The van der Waals surface area contributed by atoms with Gasteiger partial charge in [0.05, 0.1) is 11.0 Å². The van der Waals surface area contributed by atoms with Crippen molar-refractivity contribution in [3.8, 4) is 0 Å². The topological polar surface area (TPSA) is 39.6 Å². The van der Waals surface area contributed by atoms with Gasteiger partial charge in [-0.15, -0.1) is 0 Å². The summed E-state index contributed by atoms with van der Waals surface area (Å²) in [4.78, 5) is 9.45. The van der Waals surface area contributed by atoms with E-state index in [0.717, 1.165) is 23.1 Å². The highest BCUT2D eigenvalue weighted by atomic mass is 32.1. The molecule has 1 unspecified atom stereocenters. The van der Waals surface area contributed by atoms with Crippen molar-refractivity contribution in [2.75, 3.05) is 39.1 Å². The van der Waals surface area contributed by atoms with Crippen molar-refractivity contribution in [1.29, 1.82) is 0 Å². The van der Waals surface area contributed by atoms with E-state index in [1.54, 1.807) is 24.5 Å². The Morgan fingerprint density at radius 2 is 2.07 bits per heavy atom. The van der Waals surface area contributed by atoms with Gasteiger partial charge in [-0.25, -0.2) is 4.98 Å². The van der Waals surface area contributed by atoms with Gasteiger partial charge in [0.1, 0.15) is 0 Å². The van der Waals surface area contributed by atoms with Crippen LogP contribution in [0.5, 0.6) is 0 Å². The van der Waals surface area contributed by atoms with Crippen LogP contribution in [0.3, 0.4) is 0 Å². The summed E-state index contributed by atoms with van der Waals surface area (Å²) in [5, 5.41) is 10.3. The van der Waals surface area contributed by atoms with Gasteiger partial charge in [-0.1, -0.05) is 11.3 Å². The molecule has 0 amide bonds. The second-order valence-electron chi connectivity index (χ2n) is 3.95. The summed E-state index contributed by atoms with van der Waals surface area (Å²) >= 11 is 1.55. The maximum absolute atomic E-state index is 9.38. The first-order valence-electron chi connectivity index (χ1n) is 5.00. The lowest BCUT2D eigenvalue weighted by molar-refractivity contribution is 0.203. The van der Waals surface area contributed by atoms with Crippen LogP contribution in [0.15, 0.2) is 6.20 Å². The fourth-order valence-electron chi connectivity index (χ4n) is 1.09. The molecule has 0 aliphatic carbocycles. The van der Waals surface area contributed by atoms with Crippen molar-refractivity contribution in [2.24, 2.45) is 0 Å². The van der Waals surface area contributed by atoms with E-state index >= 15 is 0 Å². The predicted octanol–water partition coefficient (Wildman–Crippen LogP) is 1.19. The Morgan fingerprint density at radius 1 is 1.40 bits per heavy atom. The van der Waals surface area contributed by atoms with E-state index in [1.807, 2.05) is 7.05 Å². The Morgan fingerprint density at radius 3 is 2.53 bits per heavy atom. The second-order valence-corrected chi connectivity index (χ2v) is 4.99. The third-order valence-electron chi connectivity index (χ3n) is 2.13. The molecule has 1 N–H and O–H groups in total. The number of aromatic nitrogens is 1. The zero-order valence-electron chi connectivity index (χ0n) is 9.77. The van der Waals surface area contributed by atoms with Crippen molar-refractivity contribution in [3.05, 3.63) is 11.1 Å². The summed E-state index contributed by atoms with van der Waals surface area (Å²) in [5.41, 5.74) is 0. The maximum atomic E-state index is 9.38. The van der Waals surface area contributed by atoms with Gasteiger partial charge in [-0.2, -0.15) is 0 Å². The van der Waals surface area contributed by atoms with Crippen LogP contribution in [0.4, 0.5) is 5.13 Å². The molecule has 0 aliphatic rings. The Bertz CT molecular complexity index is 299. The molecule has 1 atom stereocenters. The third-order valence-corrected chi connectivity index (χ3v) is 3.41. The van der Waals surface area contributed by atoms with E-state index in [1.165, 1.54) is 0 Å². The van der Waals surface area contributed by atoms with Gasteiger partial charge in [0, 0.05) is 26.3 Å². The van der Waals surface area contributed by atoms with Crippen molar-refractivity contribution < 1.29 is 5.11 Å². The first-order valence-corrected chi connectivity index (χ1v) is 5.82. The summed E-state index contributed by atoms with van der Waals surface area (Å²) in [6.45, 7) is 3.71. The summed E-state index contributed by atoms with van der Waals surface area (Å²) in [7, 11) is 6.13. The quantitative estimate of drug-likeness (QED) is 0.823. The number of likely N-dealkylation sites (N-methyl/N-ethyl adjacent to an activating group) is 2. The van der Waals surface area contributed by atoms with E-state index < -0.39 is 6.10 Å². The lowest BCUT2D eigenvalue weighted by Gasteiger charge is -2.18. The van der Waals surface area contributed by atoms with Crippen LogP contribution >= 0.6 is 11.3 Å². The van der Waals surface area contributed by atoms with Crippen molar-refractivity contribution in [1.82, 2.24) is 9.88 Å². The fourth-order valence-corrected chi connectivity index (χ4v) is 1.93. The molecule has 0 radical (unpaired) electrons. The number of hydrogen-bond acceptors (Lipinski definition) is 5. The standard InChI is InChI=1S/C10H19N3OS/c1-8(14)9-7-11-10(15-9)13(4)6-5-12(2)3/h7-8,14H,5-6H2,1-4H3. The smallest absolute Gasteiger partial charge is 0.185 e. The van der Waals surface area contributed by atoms with E-state index in [-0.39, 0.29) is 0 Å². The number of thiazole rings is 1. The Kier molecular flexibility index (Phi) is 4.50. The fraction of sp³-hybridized carbons (Fsp3) is 0.700. The molecule has 0 spiro atoms. The summed E-state index contributed by atoms with van der Waals surface area (Å²) < 4.78 is 0. The zero-order chi connectivity index (χ0) is 11.4. The van der Waals surface area contributed by atoms with Gasteiger partial charge in [0.15, 0.2) is 5.13 Å². The monoisotopic (exact) mass is 229 g/mol. The average Bonchev–Trinajstić information content (AvgIpc) is 2.62. The minimum atomic E-state index is -0.418. The molecule has 0 bridgehead atoms. The molecule has 4 nitrogen and oxygen atoms in total. The molecule has 1 aromatic rings. The van der Waals surface area contributed by atoms with Crippen LogP contribution in [0, 0.1) is 0 Å². The molecule has 86 valence electrons. The number of hydrogen-bond donors (Lipinski definition) is 1. The van der Waals surface area contributed by atoms with Crippen LogP contribution in [-0.4, -0.2) is 49.2 Å². The summed E-state index contributed by atoms with van der Waals surface area (Å²) in [5.74, 6) is 0. The summed E-state index contributed by atoms with van der Waals surface area (Å²) in [6.07, 6.45) is 1.33. The Labute approximate surface area is 95.2 Å². The molecule has 1 rings (SSSR count). The molecule has 0 fully saturated rings. The van der Waals surface area contributed by atoms with E-state index in [2.05, 4.69) is 28.9 Å².